The highest BCUT2D eigenvalue weighted by atomic mass is 16.5. The van der Waals surface area contributed by atoms with Gasteiger partial charge in [0.1, 0.15) is 22.7 Å². The first-order chi connectivity index (χ1) is 39.7. The number of aromatic nitrogens is 2. The predicted molar refractivity (Wildman–Crippen MR) is 309 cm³/mol. The molecule has 3 aromatic heterocycles. The lowest BCUT2D eigenvalue weighted by molar-refractivity contribution is 0.440. The van der Waals surface area contributed by atoms with Gasteiger partial charge in [-0.25, -0.2) is 0 Å². The largest absolute Gasteiger partial charge is 0.458 e. The topological polar surface area (TPSA) is 83.0 Å². The smallest absolute Gasteiger partial charge is 0.261 e. The highest BCUT2D eigenvalue weighted by molar-refractivity contribution is 7.00. The molecule has 3 aliphatic rings. The normalized spacial score (nSPS) is 20.5. The second-order valence-electron chi connectivity index (χ2n) is 19.9. The average Bonchev–Trinajstić information content (AvgIpc) is 2.51. The second kappa shape index (κ2) is 16.4. The summed E-state index contributed by atoms with van der Waals surface area (Å²) in [5.74, 6) is 0.211. The van der Waals surface area contributed by atoms with Crippen LogP contribution in [0.3, 0.4) is 0 Å². The highest BCUT2D eigenvalue weighted by Gasteiger charge is 2.46. The molecule has 7 nitrogen and oxygen atoms in total. The van der Waals surface area contributed by atoms with Gasteiger partial charge in [-0.2, -0.15) is 10.5 Å². The third-order valence-electron chi connectivity index (χ3n) is 16.0. The van der Waals surface area contributed by atoms with E-state index < -0.39 is 44.6 Å². The quantitative estimate of drug-likeness (QED) is 0.160. The van der Waals surface area contributed by atoms with Crippen LogP contribution in [0.25, 0.3) is 88.1 Å². The third-order valence-corrected chi connectivity index (χ3v) is 16.0. The summed E-state index contributed by atoms with van der Waals surface area (Å²) in [7, 11) is 0. The Kier molecular flexibility index (Phi) is 8.17. The first-order valence-corrected chi connectivity index (χ1v) is 25.6. The number of benzene rings is 10. The molecular weight excluding hydrogens is 930 g/mol. The van der Waals surface area contributed by atoms with E-state index in [2.05, 4.69) is 111 Å². The molecule has 10 aromatic carbocycles. The molecule has 0 radical (unpaired) electrons. The van der Waals surface area contributed by atoms with Crippen molar-refractivity contribution in [3.05, 3.63) is 217 Å². The Morgan fingerprint density at radius 1 is 0.500 bits per heavy atom. The summed E-state index contributed by atoms with van der Waals surface area (Å²) >= 11 is 0. The van der Waals surface area contributed by atoms with Crippen LogP contribution in [0.2, 0.25) is 0 Å². The molecule has 4 atom stereocenters. The van der Waals surface area contributed by atoms with Gasteiger partial charge < -0.3 is 23.2 Å². The molecule has 76 heavy (non-hydrogen) atoms. The van der Waals surface area contributed by atoms with E-state index in [-0.39, 0.29) is 0 Å². The Labute approximate surface area is 445 Å². The average molecular weight is 979 g/mol. The van der Waals surface area contributed by atoms with Crippen molar-refractivity contribution >= 4 is 106 Å². The lowest BCUT2D eigenvalue weighted by atomic mass is 9.34. The predicted octanol–water partition coefficient (Wildman–Crippen LogP) is 15.6. The molecule has 8 heteroatoms. The van der Waals surface area contributed by atoms with Crippen molar-refractivity contribution < 1.29 is 16.0 Å². The number of ether oxygens (including phenoxy) is 1. The summed E-state index contributed by atoms with van der Waals surface area (Å²) < 4.78 is 65.5. The van der Waals surface area contributed by atoms with E-state index in [9.17, 15) is 13.3 Å². The minimum Gasteiger partial charge on any atom is -0.458 e. The molecule has 0 bridgehead atoms. The molecule has 1 saturated carbocycles. The van der Waals surface area contributed by atoms with Crippen molar-refractivity contribution in [3.63, 3.8) is 0 Å². The molecule has 2 aliphatic heterocycles. The zero-order valence-corrected chi connectivity index (χ0v) is 40.6. The molecule has 16 rings (SSSR count). The number of fused-ring (bicyclic) bond motifs is 14. The Morgan fingerprint density at radius 3 is 1.88 bits per heavy atom. The number of hydrogen-bond acceptors (Lipinski definition) is 5. The van der Waals surface area contributed by atoms with Crippen LogP contribution in [-0.4, -0.2) is 15.8 Å². The molecule has 356 valence electrons. The lowest BCUT2D eigenvalue weighted by Crippen LogP contribution is -2.59. The summed E-state index contributed by atoms with van der Waals surface area (Å²) in [6.45, 7) is -0.516. The van der Waals surface area contributed by atoms with E-state index >= 15 is 0 Å². The molecule has 0 amide bonds. The van der Waals surface area contributed by atoms with Crippen LogP contribution < -0.4 is 26.0 Å². The summed E-state index contributed by atoms with van der Waals surface area (Å²) in [6.07, 6.45) is -5.98. The SMILES string of the molecule is [2H]C1C([2H])C([2H])C(c2cc3c4c(c2)N(c2ccccc2-c2ccccc2)c2cc(-n5c6ccccc6c6cc(C#N)ccc65)c5c(oc6ccccc65)c2B4c2ccc(-n4c5ccccc5c5cc(C#N)ccc54)cc2O3)C([2H])C1[2H]. The minimum atomic E-state index is -1.21. The standard InChI is InChI=1S/C68H44BN5O2/c70-39-41-27-31-57-51(33-41)48-20-8-12-24-55(48)72(57)46-29-30-53-63(37-46)75-64-36-45(43-15-3-1-4-16-43)35-60-66(64)69(53)67-61(74(60)54-23-11-7-19-47(54)44-17-5-2-6-18-44)38-59(65-50-22-10-14-26-62(50)76-68(65)67)73-56-25-13-9-21-49(56)52-34-42(40-71)28-32-58(52)73/h2,5-14,17-38,43H,1,3-4,15-16H2/i1D,3D,4D,15D,16D. The van der Waals surface area contributed by atoms with Crippen LogP contribution in [-0.2, 0) is 0 Å². The minimum absolute atomic E-state index is 0.516. The number of para-hydroxylation sites is 4. The van der Waals surface area contributed by atoms with Crippen molar-refractivity contribution in [2.24, 2.45) is 0 Å². The molecule has 0 N–H and O–H groups in total. The number of furan rings is 1. The van der Waals surface area contributed by atoms with Crippen LogP contribution in [0.1, 0.15) is 61.4 Å². The van der Waals surface area contributed by atoms with Crippen molar-refractivity contribution in [1.82, 2.24) is 9.13 Å². The molecular formula is C68H44BN5O2. The van der Waals surface area contributed by atoms with Crippen LogP contribution in [0.4, 0.5) is 17.1 Å². The highest BCUT2D eigenvalue weighted by Crippen LogP contribution is 2.50. The fourth-order valence-electron chi connectivity index (χ4n) is 12.7. The Bertz CT molecular complexity index is 4930. The van der Waals surface area contributed by atoms with E-state index in [4.69, 9.17) is 13.3 Å². The van der Waals surface area contributed by atoms with Crippen LogP contribution >= 0.6 is 0 Å². The molecule has 0 saturated heterocycles. The maximum absolute atomic E-state index is 10.2. The van der Waals surface area contributed by atoms with E-state index in [0.717, 1.165) is 110 Å². The van der Waals surface area contributed by atoms with Gasteiger partial charge in [0.25, 0.3) is 6.71 Å². The Morgan fingerprint density at radius 2 is 1.13 bits per heavy atom. The Hall–Kier alpha value is -9.76. The number of nitrogens with zero attached hydrogens (tertiary/aromatic N) is 5. The molecule has 4 unspecified atom stereocenters. The second-order valence-corrected chi connectivity index (χ2v) is 19.9. The first-order valence-electron chi connectivity index (χ1n) is 28.5. The maximum atomic E-state index is 10.2. The van der Waals surface area contributed by atoms with Gasteiger partial charge in [0.2, 0.25) is 0 Å². The number of hydrogen-bond donors (Lipinski definition) is 0. The molecule has 13 aromatic rings. The first kappa shape index (κ1) is 37.9. The van der Waals surface area contributed by atoms with Gasteiger partial charge in [-0.3, -0.25) is 0 Å². The molecule has 5 heterocycles. The summed E-state index contributed by atoms with van der Waals surface area (Å²) in [5, 5.41) is 25.9. The van der Waals surface area contributed by atoms with E-state index in [1.807, 2.05) is 115 Å². The van der Waals surface area contributed by atoms with E-state index in [0.29, 0.717) is 39.4 Å². The summed E-state index contributed by atoms with van der Waals surface area (Å²) in [6, 6.07) is 72.3. The summed E-state index contributed by atoms with van der Waals surface area (Å²) in [4.78, 5) is 2.29. The van der Waals surface area contributed by atoms with Crippen molar-refractivity contribution in [2.45, 2.75) is 37.9 Å². The van der Waals surface area contributed by atoms with Gasteiger partial charge in [0, 0.05) is 62.5 Å². The van der Waals surface area contributed by atoms with Crippen molar-refractivity contribution in [1.29, 1.82) is 10.5 Å². The molecule has 1 aliphatic carbocycles. The fraction of sp³-hybridized carbons (Fsp3) is 0.0882. The lowest BCUT2D eigenvalue weighted by Gasteiger charge is -2.41. The number of nitriles is 2. The van der Waals surface area contributed by atoms with Crippen LogP contribution in [0.5, 0.6) is 11.5 Å². The number of rotatable bonds is 5. The van der Waals surface area contributed by atoms with Crippen LogP contribution in [0.15, 0.2) is 205 Å². The zero-order chi connectivity index (χ0) is 54.5. The zero-order valence-electron chi connectivity index (χ0n) is 45.6. The summed E-state index contributed by atoms with van der Waals surface area (Å²) in [5.41, 5.74) is 15.6. The monoisotopic (exact) mass is 978 g/mol. The fourth-order valence-corrected chi connectivity index (χ4v) is 12.7. The maximum Gasteiger partial charge on any atom is 0.261 e. The number of anilines is 3. The van der Waals surface area contributed by atoms with Gasteiger partial charge in [0.05, 0.1) is 62.1 Å². The Balaban J connectivity index is 1.05. The van der Waals surface area contributed by atoms with Gasteiger partial charge in [-0.1, -0.05) is 128 Å². The van der Waals surface area contributed by atoms with Gasteiger partial charge in [0.15, 0.2) is 0 Å². The van der Waals surface area contributed by atoms with E-state index in [1.54, 1.807) is 0 Å². The van der Waals surface area contributed by atoms with Crippen molar-refractivity contribution in [3.8, 4) is 46.1 Å². The molecule has 1 fully saturated rings. The van der Waals surface area contributed by atoms with Crippen molar-refractivity contribution in [2.75, 3.05) is 4.90 Å². The van der Waals surface area contributed by atoms with E-state index in [1.165, 1.54) is 0 Å². The van der Waals surface area contributed by atoms with Gasteiger partial charge in [-0.15, -0.1) is 0 Å². The molecule has 0 spiro atoms. The van der Waals surface area contributed by atoms with Gasteiger partial charge in [-0.05, 0) is 131 Å². The van der Waals surface area contributed by atoms with Gasteiger partial charge >= 0.3 is 0 Å². The van der Waals surface area contributed by atoms with Crippen LogP contribution in [0, 0.1) is 22.7 Å². The third kappa shape index (κ3) is 6.10.